The molecule has 1 saturated heterocycles. The van der Waals surface area contributed by atoms with Crippen LogP contribution in [0.5, 0.6) is 0 Å². The van der Waals surface area contributed by atoms with E-state index in [0.29, 0.717) is 10.0 Å². The van der Waals surface area contributed by atoms with Crippen molar-refractivity contribution in [1.82, 2.24) is 0 Å². The Morgan fingerprint density at radius 2 is 2.22 bits per heavy atom. The van der Waals surface area contributed by atoms with E-state index >= 15 is 0 Å². The molecule has 1 aliphatic rings. The zero-order chi connectivity index (χ0) is 7.07. The number of alkyl halides is 2. The van der Waals surface area contributed by atoms with Crippen LogP contribution in [0.3, 0.4) is 0 Å². The first kappa shape index (κ1) is 8.52. The minimum absolute atomic E-state index is 0.100. The molecule has 54 valence electrons. The lowest BCUT2D eigenvalue weighted by atomic mass is 10.1. The molecule has 1 fully saturated rings. The average molecular weight is 352 g/mol. The van der Waals surface area contributed by atoms with Crippen molar-refractivity contribution in [3.63, 3.8) is 0 Å². The van der Waals surface area contributed by atoms with Gasteiger partial charge in [0.1, 0.15) is 7.72 Å². The molecule has 1 rings (SSSR count). The van der Waals surface area contributed by atoms with E-state index in [9.17, 15) is 0 Å². The SMILES string of the molecule is CC1CC(C)(I)OC1I. The molecule has 1 aliphatic heterocycles. The third-order valence-electron chi connectivity index (χ3n) is 1.49. The summed E-state index contributed by atoms with van der Waals surface area (Å²) in [5, 5.41) is 0. The second-order valence-corrected chi connectivity index (χ2v) is 6.26. The fraction of sp³-hybridized carbons (Fsp3) is 1.00. The maximum absolute atomic E-state index is 5.63. The van der Waals surface area contributed by atoms with E-state index in [-0.39, 0.29) is 3.61 Å². The summed E-state index contributed by atoms with van der Waals surface area (Å²) < 4.78 is 6.16. The van der Waals surface area contributed by atoms with Gasteiger partial charge < -0.3 is 4.74 Å². The second kappa shape index (κ2) is 2.81. The Morgan fingerprint density at radius 3 is 2.33 bits per heavy atom. The minimum Gasteiger partial charge on any atom is -0.351 e. The lowest BCUT2D eigenvalue weighted by Crippen LogP contribution is -2.12. The maximum atomic E-state index is 5.63. The first-order valence-electron chi connectivity index (χ1n) is 3.02. The Bertz CT molecular complexity index is 102. The summed E-state index contributed by atoms with van der Waals surface area (Å²) in [4.78, 5) is 0. The van der Waals surface area contributed by atoms with Gasteiger partial charge in [0.25, 0.3) is 0 Å². The van der Waals surface area contributed by atoms with E-state index in [2.05, 4.69) is 59.0 Å². The van der Waals surface area contributed by atoms with Crippen molar-refractivity contribution in [3.8, 4) is 0 Å². The molecule has 0 spiro atoms. The molecule has 0 N–H and O–H groups in total. The summed E-state index contributed by atoms with van der Waals surface area (Å²) in [6.07, 6.45) is 1.18. The molecule has 1 nitrogen and oxygen atoms in total. The third kappa shape index (κ3) is 2.18. The van der Waals surface area contributed by atoms with Crippen LogP contribution in [-0.2, 0) is 4.74 Å². The predicted octanol–water partition coefficient (Wildman–Crippen LogP) is 2.96. The summed E-state index contributed by atoms with van der Waals surface area (Å²) in [6.45, 7) is 4.38. The fourth-order valence-electron chi connectivity index (χ4n) is 1.07. The number of hydrogen-bond donors (Lipinski definition) is 0. The van der Waals surface area contributed by atoms with Gasteiger partial charge in [0.2, 0.25) is 0 Å². The largest absolute Gasteiger partial charge is 0.351 e. The van der Waals surface area contributed by atoms with Crippen molar-refractivity contribution in [1.29, 1.82) is 0 Å². The van der Waals surface area contributed by atoms with Crippen molar-refractivity contribution in [3.05, 3.63) is 0 Å². The average Bonchev–Trinajstić information content (AvgIpc) is 1.79. The maximum Gasteiger partial charge on any atom is 0.118 e. The standard InChI is InChI=1S/C6H10I2O/c1-4-3-6(2,8)9-5(4)7/h4-5H,3H2,1-2H3. The van der Waals surface area contributed by atoms with E-state index in [4.69, 9.17) is 4.74 Å². The first-order chi connectivity index (χ1) is 4.01. The number of halogens is 2. The molecule has 0 bridgehead atoms. The van der Waals surface area contributed by atoms with Crippen molar-refractivity contribution in [2.75, 3.05) is 0 Å². The van der Waals surface area contributed by atoms with Gasteiger partial charge in [-0.1, -0.05) is 29.5 Å². The Kier molecular flexibility index (Phi) is 2.66. The molecular formula is C6H10I2O. The molecule has 1 heterocycles. The van der Waals surface area contributed by atoms with Crippen LogP contribution in [0.4, 0.5) is 0 Å². The molecule has 0 aromatic rings. The normalized spacial score (nSPS) is 52.0. The quantitative estimate of drug-likeness (QED) is 0.481. The summed E-state index contributed by atoms with van der Waals surface area (Å²) in [6, 6.07) is 0. The van der Waals surface area contributed by atoms with Crippen LogP contribution < -0.4 is 0 Å². The van der Waals surface area contributed by atoms with Crippen molar-refractivity contribution in [2.24, 2.45) is 5.92 Å². The molecule has 0 amide bonds. The smallest absolute Gasteiger partial charge is 0.118 e. The molecule has 0 aliphatic carbocycles. The molecule has 3 heteroatoms. The van der Waals surface area contributed by atoms with Gasteiger partial charge in [0.05, 0.1) is 0 Å². The van der Waals surface area contributed by atoms with E-state index in [0.717, 1.165) is 0 Å². The van der Waals surface area contributed by atoms with Gasteiger partial charge in [-0.15, -0.1) is 0 Å². The summed E-state index contributed by atoms with van der Waals surface area (Å²) in [5.41, 5.74) is 0. The Labute approximate surface area is 83.2 Å². The lowest BCUT2D eigenvalue weighted by Gasteiger charge is -2.13. The van der Waals surface area contributed by atoms with Crippen LogP contribution in [0.1, 0.15) is 20.3 Å². The number of hydrogen-bond acceptors (Lipinski definition) is 1. The Balaban J connectivity index is 2.54. The second-order valence-electron chi connectivity index (χ2n) is 2.75. The van der Waals surface area contributed by atoms with Gasteiger partial charge in [0, 0.05) is 0 Å². The van der Waals surface area contributed by atoms with Crippen LogP contribution in [0.15, 0.2) is 0 Å². The predicted molar refractivity (Wildman–Crippen MR) is 55.1 cm³/mol. The molecular weight excluding hydrogens is 342 g/mol. The van der Waals surface area contributed by atoms with E-state index < -0.39 is 0 Å². The van der Waals surface area contributed by atoms with E-state index in [1.807, 2.05) is 0 Å². The molecule has 3 atom stereocenters. The lowest BCUT2D eigenvalue weighted by molar-refractivity contribution is 0.0964. The zero-order valence-electron chi connectivity index (χ0n) is 5.53. The summed E-state index contributed by atoms with van der Waals surface area (Å²) in [5.74, 6) is 0.715. The highest BCUT2D eigenvalue weighted by Gasteiger charge is 2.37. The number of ether oxygens (including phenoxy) is 1. The monoisotopic (exact) mass is 352 g/mol. The van der Waals surface area contributed by atoms with Crippen molar-refractivity contribution < 1.29 is 4.74 Å². The Hall–Kier alpha value is 1.42. The van der Waals surface area contributed by atoms with Crippen LogP contribution in [0.2, 0.25) is 0 Å². The van der Waals surface area contributed by atoms with Crippen LogP contribution >= 0.6 is 45.2 Å². The topological polar surface area (TPSA) is 9.23 Å². The highest BCUT2D eigenvalue weighted by molar-refractivity contribution is 14.1. The first-order valence-corrected chi connectivity index (χ1v) is 5.34. The highest BCUT2D eigenvalue weighted by atomic mass is 127. The highest BCUT2D eigenvalue weighted by Crippen LogP contribution is 2.41. The molecule has 9 heavy (non-hydrogen) atoms. The summed E-state index contributed by atoms with van der Waals surface area (Å²) >= 11 is 4.73. The van der Waals surface area contributed by atoms with Gasteiger partial charge in [0.15, 0.2) is 0 Å². The Morgan fingerprint density at radius 1 is 1.67 bits per heavy atom. The van der Waals surface area contributed by atoms with Crippen LogP contribution in [0.25, 0.3) is 0 Å². The minimum atomic E-state index is 0.100. The summed E-state index contributed by atoms with van der Waals surface area (Å²) in [7, 11) is 0. The number of rotatable bonds is 0. The molecule has 3 unspecified atom stereocenters. The fourth-order valence-corrected chi connectivity index (χ4v) is 3.34. The van der Waals surface area contributed by atoms with Crippen molar-refractivity contribution in [2.45, 2.75) is 28.0 Å². The molecule has 0 aromatic carbocycles. The van der Waals surface area contributed by atoms with Gasteiger partial charge in [-0.2, -0.15) is 0 Å². The van der Waals surface area contributed by atoms with Crippen LogP contribution in [0, 0.1) is 5.92 Å². The van der Waals surface area contributed by atoms with E-state index in [1.165, 1.54) is 6.42 Å². The molecule has 0 saturated carbocycles. The van der Waals surface area contributed by atoms with Gasteiger partial charge in [-0.3, -0.25) is 0 Å². The van der Waals surface area contributed by atoms with Gasteiger partial charge in [-0.05, 0) is 41.9 Å². The zero-order valence-corrected chi connectivity index (χ0v) is 9.84. The van der Waals surface area contributed by atoms with E-state index in [1.54, 1.807) is 0 Å². The van der Waals surface area contributed by atoms with Crippen LogP contribution in [-0.4, -0.2) is 7.72 Å². The third-order valence-corrected chi connectivity index (χ3v) is 3.67. The van der Waals surface area contributed by atoms with Gasteiger partial charge in [-0.25, -0.2) is 0 Å². The van der Waals surface area contributed by atoms with Gasteiger partial charge >= 0.3 is 0 Å². The molecule has 0 aromatic heterocycles. The molecule has 0 radical (unpaired) electrons. The van der Waals surface area contributed by atoms with Crippen molar-refractivity contribution >= 4 is 45.2 Å².